The third-order valence-electron chi connectivity index (χ3n) is 2.08. The number of fused-ring (bicyclic) bond motifs is 1. The Labute approximate surface area is 85.5 Å². The monoisotopic (exact) mass is 211 g/mol. The van der Waals surface area contributed by atoms with E-state index < -0.39 is 0 Å². The van der Waals surface area contributed by atoms with Crippen LogP contribution in [0, 0.1) is 0 Å². The molecule has 2 aromatic rings. The fourth-order valence-electron chi connectivity index (χ4n) is 1.37. The second-order valence-electron chi connectivity index (χ2n) is 3.43. The van der Waals surface area contributed by atoms with Gasteiger partial charge in [0.1, 0.15) is 5.15 Å². The van der Waals surface area contributed by atoms with E-state index in [0.717, 1.165) is 5.52 Å². The molecule has 0 amide bonds. The van der Waals surface area contributed by atoms with Crippen LogP contribution in [0.3, 0.4) is 0 Å². The Bertz CT molecular complexity index is 526. The molecule has 0 spiro atoms. The second kappa shape index (κ2) is 3.13. The summed E-state index contributed by atoms with van der Waals surface area (Å²) in [5, 5.41) is 3.94. The summed E-state index contributed by atoms with van der Waals surface area (Å²) in [7, 11) is 0. The van der Waals surface area contributed by atoms with Crippen molar-refractivity contribution in [2.24, 2.45) is 0 Å². The van der Waals surface area contributed by atoms with Crippen molar-refractivity contribution in [2.75, 3.05) is 0 Å². The van der Waals surface area contributed by atoms with Gasteiger partial charge in [-0.05, 0) is 13.8 Å². The van der Waals surface area contributed by atoms with Crippen LogP contribution in [0.15, 0.2) is 17.1 Å². The maximum absolute atomic E-state index is 11.7. The van der Waals surface area contributed by atoms with Crippen molar-refractivity contribution in [3.63, 3.8) is 0 Å². The topological polar surface area (TPSA) is 50.7 Å². The summed E-state index contributed by atoms with van der Waals surface area (Å²) in [6.07, 6.45) is 1.50. The molecule has 0 bridgehead atoms. The maximum atomic E-state index is 11.7. The number of nitrogens with one attached hydrogen (secondary N) is 1. The normalized spacial score (nSPS) is 11.4. The predicted octanol–water partition coefficient (Wildman–Crippen LogP) is 1.96. The fourth-order valence-corrected chi connectivity index (χ4v) is 1.52. The minimum absolute atomic E-state index is 0.0563. The molecular weight excluding hydrogens is 202 g/mol. The van der Waals surface area contributed by atoms with E-state index in [1.807, 2.05) is 13.8 Å². The van der Waals surface area contributed by atoms with Crippen LogP contribution in [0.25, 0.3) is 10.9 Å². The number of halogens is 1. The lowest BCUT2D eigenvalue weighted by molar-refractivity contribution is 0.522. The first kappa shape index (κ1) is 9.27. The Balaban J connectivity index is 2.80. The molecule has 0 aliphatic carbocycles. The SMILES string of the molecule is CC(C)n1[nH]c2cc(Cl)ncc2c1=O. The highest BCUT2D eigenvalue weighted by molar-refractivity contribution is 6.29. The number of pyridine rings is 1. The summed E-state index contributed by atoms with van der Waals surface area (Å²) in [5.74, 6) is 0. The van der Waals surface area contributed by atoms with Crippen molar-refractivity contribution >= 4 is 22.5 Å². The molecule has 14 heavy (non-hydrogen) atoms. The Hall–Kier alpha value is -1.29. The Kier molecular flexibility index (Phi) is 2.07. The zero-order chi connectivity index (χ0) is 10.3. The smallest absolute Gasteiger partial charge is 0.276 e. The molecule has 4 nitrogen and oxygen atoms in total. The molecule has 1 N–H and O–H groups in total. The van der Waals surface area contributed by atoms with Crippen molar-refractivity contribution in [2.45, 2.75) is 19.9 Å². The van der Waals surface area contributed by atoms with Crippen molar-refractivity contribution in [1.82, 2.24) is 14.8 Å². The first-order chi connectivity index (χ1) is 6.59. The molecule has 0 aromatic carbocycles. The lowest BCUT2D eigenvalue weighted by Crippen LogP contribution is -2.18. The first-order valence-electron chi connectivity index (χ1n) is 4.35. The van der Waals surface area contributed by atoms with E-state index in [2.05, 4.69) is 10.1 Å². The third kappa shape index (κ3) is 1.32. The molecule has 0 radical (unpaired) electrons. The average molecular weight is 212 g/mol. The molecule has 0 saturated carbocycles. The third-order valence-corrected chi connectivity index (χ3v) is 2.28. The highest BCUT2D eigenvalue weighted by Gasteiger charge is 2.09. The van der Waals surface area contributed by atoms with Gasteiger partial charge in [0.25, 0.3) is 5.56 Å². The van der Waals surface area contributed by atoms with Crippen LogP contribution in [0.1, 0.15) is 19.9 Å². The van der Waals surface area contributed by atoms with E-state index in [9.17, 15) is 4.79 Å². The minimum atomic E-state index is -0.0563. The average Bonchev–Trinajstić information content (AvgIpc) is 2.43. The fraction of sp³-hybridized carbons (Fsp3) is 0.333. The van der Waals surface area contributed by atoms with Crippen LogP contribution in [-0.4, -0.2) is 14.8 Å². The van der Waals surface area contributed by atoms with E-state index in [1.54, 1.807) is 10.7 Å². The van der Waals surface area contributed by atoms with Gasteiger partial charge in [0.15, 0.2) is 0 Å². The van der Waals surface area contributed by atoms with E-state index in [0.29, 0.717) is 10.5 Å². The van der Waals surface area contributed by atoms with Gasteiger partial charge in [0.2, 0.25) is 0 Å². The Morgan fingerprint density at radius 1 is 1.57 bits per heavy atom. The standard InChI is InChI=1S/C9H10ClN3O/c1-5(2)13-9(14)6-4-11-8(10)3-7(6)12-13/h3-5,12H,1-2H3. The summed E-state index contributed by atoms with van der Waals surface area (Å²) in [6.45, 7) is 3.87. The lowest BCUT2D eigenvalue weighted by Gasteiger charge is -2.02. The van der Waals surface area contributed by atoms with Gasteiger partial charge in [-0.1, -0.05) is 11.6 Å². The van der Waals surface area contributed by atoms with Gasteiger partial charge in [-0.3, -0.25) is 9.89 Å². The molecular formula is C9H10ClN3O. The maximum Gasteiger partial charge on any atom is 0.276 e. The number of H-pyrrole nitrogens is 1. The van der Waals surface area contributed by atoms with Crippen LogP contribution >= 0.6 is 11.6 Å². The number of hydrogen-bond donors (Lipinski definition) is 1. The van der Waals surface area contributed by atoms with Gasteiger partial charge in [-0.25, -0.2) is 9.67 Å². The molecule has 74 valence electrons. The molecule has 0 aliphatic heterocycles. The van der Waals surface area contributed by atoms with Crippen LogP contribution < -0.4 is 5.56 Å². The van der Waals surface area contributed by atoms with Gasteiger partial charge in [0, 0.05) is 18.3 Å². The summed E-state index contributed by atoms with van der Waals surface area (Å²) in [5.41, 5.74) is 0.669. The number of aromatic amines is 1. The van der Waals surface area contributed by atoms with Crippen molar-refractivity contribution in [3.8, 4) is 0 Å². The number of rotatable bonds is 1. The van der Waals surface area contributed by atoms with Crippen molar-refractivity contribution < 1.29 is 0 Å². The van der Waals surface area contributed by atoms with Crippen molar-refractivity contribution in [3.05, 3.63) is 27.8 Å². The van der Waals surface area contributed by atoms with E-state index >= 15 is 0 Å². The van der Waals surface area contributed by atoms with Gasteiger partial charge < -0.3 is 0 Å². The van der Waals surface area contributed by atoms with E-state index in [4.69, 9.17) is 11.6 Å². The second-order valence-corrected chi connectivity index (χ2v) is 3.82. The van der Waals surface area contributed by atoms with Gasteiger partial charge >= 0.3 is 0 Å². The lowest BCUT2D eigenvalue weighted by atomic mass is 10.3. The first-order valence-corrected chi connectivity index (χ1v) is 4.73. The largest absolute Gasteiger partial charge is 0.295 e. The summed E-state index contributed by atoms with van der Waals surface area (Å²) in [6, 6.07) is 1.76. The Morgan fingerprint density at radius 3 is 2.93 bits per heavy atom. The molecule has 0 atom stereocenters. The number of hydrogen-bond acceptors (Lipinski definition) is 2. The van der Waals surface area contributed by atoms with Crippen LogP contribution in [0.5, 0.6) is 0 Å². The number of nitrogens with zero attached hydrogens (tertiary/aromatic N) is 2. The molecule has 2 aromatic heterocycles. The van der Waals surface area contributed by atoms with Crippen molar-refractivity contribution in [1.29, 1.82) is 0 Å². The number of aromatic nitrogens is 3. The highest BCUT2D eigenvalue weighted by Crippen LogP contribution is 2.12. The van der Waals surface area contributed by atoms with Gasteiger partial charge in [-0.15, -0.1) is 0 Å². The summed E-state index contributed by atoms with van der Waals surface area (Å²) >= 11 is 5.72. The quantitative estimate of drug-likeness (QED) is 0.734. The zero-order valence-electron chi connectivity index (χ0n) is 7.91. The van der Waals surface area contributed by atoms with Gasteiger partial charge in [0.05, 0.1) is 10.9 Å². The Morgan fingerprint density at radius 2 is 2.29 bits per heavy atom. The molecule has 5 heteroatoms. The molecule has 0 fully saturated rings. The molecule has 2 rings (SSSR count). The highest BCUT2D eigenvalue weighted by atomic mass is 35.5. The summed E-state index contributed by atoms with van der Waals surface area (Å²) < 4.78 is 1.56. The van der Waals surface area contributed by atoms with E-state index in [-0.39, 0.29) is 11.6 Å². The zero-order valence-corrected chi connectivity index (χ0v) is 8.67. The summed E-state index contributed by atoms with van der Waals surface area (Å²) in [4.78, 5) is 15.6. The molecule has 0 saturated heterocycles. The van der Waals surface area contributed by atoms with Gasteiger partial charge in [-0.2, -0.15) is 0 Å². The van der Waals surface area contributed by atoms with Crippen LogP contribution in [-0.2, 0) is 0 Å². The minimum Gasteiger partial charge on any atom is -0.295 e. The molecule has 0 aliphatic rings. The van der Waals surface area contributed by atoms with E-state index in [1.165, 1.54) is 6.20 Å². The predicted molar refractivity (Wildman–Crippen MR) is 55.7 cm³/mol. The molecule has 2 heterocycles. The molecule has 0 unspecified atom stereocenters. The van der Waals surface area contributed by atoms with Crippen LogP contribution in [0.4, 0.5) is 0 Å². The van der Waals surface area contributed by atoms with Crippen LogP contribution in [0.2, 0.25) is 5.15 Å².